The van der Waals surface area contributed by atoms with E-state index in [1.807, 2.05) is 0 Å². The van der Waals surface area contributed by atoms with Gasteiger partial charge in [-0.15, -0.1) is 0 Å². The third kappa shape index (κ3) is 1.22. The summed E-state index contributed by atoms with van der Waals surface area (Å²) in [5.41, 5.74) is 3.72. The van der Waals surface area contributed by atoms with Crippen LogP contribution in [0.2, 0.25) is 0 Å². The number of likely N-dealkylation sites (N-methyl/N-ethyl adjacent to an activating group) is 1. The van der Waals surface area contributed by atoms with E-state index in [9.17, 15) is 0 Å². The number of hydrogen-bond donors (Lipinski definition) is 0. The van der Waals surface area contributed by atoms with Gasteiger partial charge < -0.3 is 9.64 Å². The minimum absolute atomic E-state index is 0.490. The summed E-state index contributed by atoms with van der Waals surface area (Å²) in [4.78, 5) is 2.62. The number of likely N-dealkylation sites (tertiary alicyclic amines) is 1. The Balaban J connectivity index is 1.74. The maximum Gasteiger partial charge on any atom is 0.173 e. The van der Waals surface area contributed by atoms with E-state index in [1.165, 1.54) is 50.8 Å². The second-order valence-electron chi connectivity index (χ2n) is 7.03. The van der Waals surface area contributed by atoms with E-state index in [4.69, 9.17) is 4.74 Å². The zero-order chi connectivity index (χ0) is 12.6. The van der Waals surface area contributed by atoms with Crippen molar-refractivity contribution in [3.8, 4) is 11.5 Å². The quantitative estimate of drug-likeness (QED) is 0.670. The van der Waals surface area contributed by atoms with Crippen molar-refractivity contribution in [3.05, 3.63) is 23.3 Å². The molecule has 2 fully saturated rings. The van der Waals surface area contributed by atoms with Crippen molar-refractivity contribution >= 4 is 0 Å². The molecule has 0 aromatic heterocycles. The van der Waals surface area contributed by atoms with Crippen LogP contribution in [0.15, 0.2) is 12.1 Å². The number of fused-ring (bicyclic) bond motifs is 3. The molecule has 2 aliphatic heterocycles. The summed E-state index contributed by atoms with van der Waals surface area (Å²) in [6.45, 7) is 1.28. The molecular weight excluding hydrogens is 234 g/mol. The normalized spacial score (nSPS) is 38.8. The van der Waals surface area contributed by atoms with Crippen molar-refractivity contribution in [2.45, 2.75) is 50.0 Å². The summed E-state index contributed by atoms with van der Waals surface area (Å²) in [5, 5.41) is 0. The van der Waals surface area contributed by atoms with Gasteiger partial charge in [-0.1, -0.05) is 18.9 Å². The van der Waals surface area contributed by atoms with Crippen molar-refractivity contribution in [2.24, 2.45) is 5.92 Å². The van der Waals surface area contributed by atoms with E-state index in [0.717, 1.165) is 17.7 Å². The van der Waals surface area contributed by atoms with Crippen LogP contribution in [-0.4, -0.2) is 24.5 Å². The summed E-state index contributed by atoms with van der Waals surface area (Å²) in [6.07, 6.45) is 8.29. The highest BCUT2D eigenvalue weighted by Gasteiger charge is 2.54. The molecule has 0 radical (unpaired) electrons. The molecule has 5 rings (SSSR count). The Morgan fingerprint density at radius 2 is 2.21 bits per heavy atom. The predicted molar refractivity (Wildman–Crippen MR) is 74.9 cm³/mol. The Morgan fingerprint density at radius 1 is 1.26 bits per heavy atom. The third-order valence-corrected chi connectivity index (χ3v) is 6.38. The van der Waals surface area contributed by atoms with Crippen LogP contribution < -0.4 is 4.74 Å². The molecule has 2 nitrogen and oxygen atoms in total. The van der Waals surface area contributed by atoms with E-state index >= 15 is 0 Å². The van der Waals surface area contributed by atoms with E-state index in [2.05, 4.69) is 24.1 Å². The van der Waals surface area contributed by atoms with Crippen LogP contribution in [0.4, 0.5) is 0 Å². The van der Waals surface area contributed by atoms with Crippen LogP contribution in [0.5, 0.6) is 11.5 Å². The number of nitrogens with zero attached hydrogens (tertiary/aromatic N) is 1. The van der Waals surface area contributed by atoms with Gasteiger partial charge in [0.25, 0.3) is 0 Å². The molecule has 0 spiro atoms. The molecule has 0 unspecified atom stereocenters. The molecule has 19 heavy (non-hydrogen) atoms. The SMILES string of the molecule is CN1CC[C@]23CCCC[C@H]2[C@H]1Cc1c3ccc2c1O2. The van der Waals surface area contributed by atoms with E-state index in [0.29, 0.717) is 5.41 Å². The lowest BCUT2D eigenvalue weighted by Gasteiger charge is -2.58. The van der Waals surface area contributed by atoms with Gasteiger partial charge in [0.1, 0.15) is 0 Å². The molecule has 1 aromatic rings. The van der Waals surface area contributed by atoms with Crippen LogP contribution in [-0.2, 0) is 11.8 Å². The van der Waals surface area contributed by atoms with Crippen molar-refractivity contribution < 1.29 is 4.74 Å². The minimum atomic E-state index is 0.490. The van der Waals surface area contributed by atoms with Crippen LogP contribution in [0.3, 0.4) is 0 Å². The number of rotatable bonds is 0. The summed E-state index contributed by atoms with van der Waals surface area (Å²) in [7, 11) is 2.33. The average Bonchev–Trinajstić information content (AvgIpc) is 3.22. The number of benzene rings is 1. The van der Waals surface area contributed by atoms with Crippen LogP contribution in [0.1, 0.15) is 43.2 Å². The summed E-state index contributed by atoms with van der Waals surface area (Å²) >= 11 is 0. The van der Waals surface area contributed by atoms with Gasteiger partial charge in [-0.2, -0.15) is 0 Å². The molecule has 2 bridgehead atoms. The molecule has 1 saturated heterocycles. The van der Waals surface area contributed by atoms with Gasteiger partial charge in [0.15, 0.2) is 11.5 Å². The van der Waals surface area contributed by atoms with E-state index < -0.39 is 0 Å². The molecule has 4 aliphatic rings. The lowest BCUT2D eigenvalue weighted by molar-refractivity contribution is 0.00288. The average molecular weight is 255 g/mol. The molecular formula is C17H21NO. The molecule has 1 aromatic carbocycles. The number of hydrogen-bond acceptors (Lipinski definition) is 2. The van der Waals surface area contributed by atoms with Crippen molar-refractivity contribution in [1.82, 2.24) is 4.90 Å². The first-order valence-electron chi connectivity index (χ1n) is 7.84. The lowest BCUT2D eigenvalue weighted by atomic mass is 9.52. The Labute approximate surface area is 114 Å². The highest BCUT2D eigenvalue weighted by molar-refractivity contribution is 5.64. The Bertz CT molecular complexity index is 567. The van der Waals surface area contributed by atoms with Gasteiger partial charge in [0.05, 0.1) is 0 Å². The fraction of sp³-hybridized carbons (Fsp3) is 0.647. The highest BCUT2D eigenvalue weighted by Crippen LogP contribution is 2.61. The zero-order valence-electron chi connectivity index (χ0n) is 11.6. The standard InChI is InChI=1S/C17H21NO/c1-18-9-8-17-7-3-2-4-13(17)14(18)10-11-12(17)5-6-15-16(11)19-15/h5-6,13-14H,2-4,7-10H2,1H3/t13-,14+,17-/m0/s1. The molecule has 2 heteroatoms. The Morgan fingerprint density at radius 3 is 3.16 bits per heavy atom. The summed E-state index contributed by atoms with van der Waals surface area (Å²) < 4.78 is 5.69. The monoisotopic (exact) mass is 255 g/mol. The fourth-order valence-electron chi connectivity index (χ4n) is 5.42. The molecule has 100 valence electrons. The number of piperidine rings is 1. The molecule has 2 aliphatic carbocycles. The molecule has 2 heterocycles. The first-order chi connectivity index (χ1) is 9.29. The van der Waals surface area contributed by atoms with Crippen LogP contribution in [0.25, 0.3) is 0 Å². The molecule has 3 atom stereocenters. The van der Waals surface area contributed by atoms with Gasteiger partial charge in [0, 0.05) is 17.0 Å². The zero-order valence-corrected chi connectivity index (χ0v) is 11.6. The minimum Gasteiger partial charge on any atom is -0.449 e. The highest BCUT2D eigenvalue weighted by atomic mass is 16.6. The van der Waals surface area contributed by atoms with Crippen molar-refractivity contribution in [1.29, 1.82) is 0 Å². The summed E-state index contributed by atoms with van der Waals surface area (Å²) in [5.74, 6) is 3.27. The fourth-order valence-corrected chi connectivity index (χ4v) is 5.42. The first kappa shape index (κ1) is 10.7. The van der Waals surface area contributed by atoms with E-state index in [-0.39, 0.29) is 0 Å². The van der Waals surface area contributed by atoms with Crippen molar-refractivity contribution in [3.63, 3.8) is 0 Å². The molecule has 1 saturated carbocycles. The predicted octanol–water partition coefficient (Wildman–Crippen LogP) is 3.48. The van der Waals surface area contributed by atoms with Gasteiger partial charge in [-0.25, -0.2) is 0 Å². The van der Waals surface area contributed by atoms with Gasteiger partial charge in [-0.3, -0.25) is 0 Å². The lowest BCUT2D eigenvalue weighted by Crippen LogP contribution is -2.59. The Hall–Kier alpha value is -1.02. The van der Waals surface area contributed by atoms with Crippen molar-refractivity contribution in [2.75, 3.05) is 13.6 Å². The van der Waals surface area contributed by atoms with E-state index in [1.54, 1.807) is 11.1 Å². The topological polar surface area (TPSA) is 15.8 Å². The largest absolute Gasteiger partial charge is 0.449 e. The third-order valence-electron chi connectivity index (χ3n) is 6.38. The Kier molecular flexibility index (Phi) is 1.89. The van der Waals surface area contributed by atoms with Gasteiger partial charge in [-0.05, 0) is 56.8 Å². The number of ether oxygens (including phenoxy) is 1. The van der Waals surface area contributed by atoms with Gasteiger partial charge >= 0.3 is 0 Å². The smallest absolute Gasteiger partial charge is 0.173 e. The summed E-state index contributed by atoms with van der Waals surface area (Å²) in [6, 6.07) is 5.38. The second-order valence-corrected chi connectivity index (χ2v) is 7.03. The maximum absolute atomic E-state index is 5.69. The van der Waals surface area contributed by atoms with Gasteiger partial charge in [0.2, 0.25) is 0 Å². The first-order valence-corrected chi connectivity index (χ1v) is 7.84. The van der Waals surface area contributed by atoms with Crippen LogP contribution >= 0.6 is 0 Å². The molecule has 0 amide bonds. The van der Waals surface area contributed by atoms with Crippen LogP contribution in [0, 0.1) is 5.92 Å². The molecule has 0 N–H and O–H groups in total. The second kappa shape index (κ2) is 3.35. The maximum atomic E-state index is 5.69.